The van der Waals surface area contributed by atoms with E-state index in [0.29, 0.717) is 45.7 Å². The minimum absolute atomic E-state index is 0.147. The fourth-order valence-electron chi connectivity index (χ4n) is 13.1. The van der Waals surface area contributed by atoms with E-state index in [2.05, 4.69) is 45.4 Å². The second-order valence-electron chi connectivity index (χ2n) is 28.4. The first-order valence-corrected chi connectivity index (χ1v) is 43.3. The highest BCUT2D eigenvalue weighted by molar-refractivity contribution is 7.90. The Labute approximate surface area is 716 Å². The maximum Gasteiger partial charge on any atom is 0.435 e. The third kappa shape index (κ3) is 21.1. The van der Waals surface area contributed by atoms with Gasteiger partial charge in [0.05, 0.1) is 77.8 Å². The molecule has 0 atom stereocenters. The summed E-state index contributed by atoms with van der Waals surface area (Å²) >= 11 is 0. The highest BCUT2D eigenvalue weighted by Gasteiger charge is 2.40. The zero-order valence-corrected chi connectivity index (χ0v) is 69.8. The molecule has 654 valence electrons. The van der Waals surface area contributed by atoms with Crippen LogP contribution < -0.4 is 20.6 Å². The van der Waals surface area contributed by atoms with Crippen molar-refractivity contribution in [2.24, 2.45) is 32.6 Å². The van der Waals surface area contributed by atoms with Gasteiger partial charge in [-0.1, -0.05) is 60.7 Å². The van der Waals surface area contributed by atoms with Gasteiger partial charge in [0.15, 0.2) is 28.6 Å². The summed E-state index contributed by atoms with van der Waals surface area (Å²) in [6.07, 6.45) is -5.07. The Morgan fingerprint density at radius 2 is 0.646 bits per heavy atom. The second kappa shape index (κ2) is 35.3. The van der Waals surface area contributed by atoms with Crippen LogP contribution in [0.5, 0.6) is 0 Å². The number of rotatable bonds is 16. The highest BCUT2D eigenvalue weighted by atomic mass is 32.2. The summed E-state index contributed by atoms with van der Waals surface area (Å²) in [6, 6.07) is 51.4. The van der Waals surface area contributed by atoms with Crippen molar-refractivity contribution in [2.45, 2.75) is 72.0 Å². The monoisotopic (exact) mass is 1820 g/mol. The summed E-state index contributed by atoms with van der Waals surface area (Å²) in [5.74, 6) is 0.424. The summed E-state index contributed by atoms with van der Waals surface area (Å²) in [5.41, 5.74) is 8.24. The molecule has 8 aromatic carbocycles. The number of benzene rings is 8. The molecular formula is C85H68F12N18O8S4. The minimum Gasteiger partial charge on any atom is -0.288 e. The van der Waals surface area contributed by atoms with Crippen LogP contribution in [0.1, 0.15) is 50.6 Å². The summed E-state index contributed by atoms with van der Waals surface area (Å²) < 4.78 is 260. The van der Waals surface area contributed by atoms with Crippen LogP contribution in [0.4, 0.5) is 52.7 Å². The molecule has 1 aliphatic heterocycles. The third-order valence-electron chi connectivity index (χ3n) is 19.5. The van der Waals surface area contributed by atoms with E-state index in [1.165, 1.54) is 97.1 Å². The average molecular weight is 1830 g/mol. The molecule has 7 aromatic heterocycles. The molecule has 15 aromatic rings. The Morgan fingerprint density at radius 3 is 0.929 bits per heavy atom. The van der Waals surface area contributed by atoms with Crippen LogP contribution in [0.15, 0.2) is 280 Å². The Kier molecular flexibility index (Phi) is 25.3. The SMILES string of the molecule is Cc1ccc(-c2cccnc2)cc1-c1cc(C(F)(F)F)nn1-c1ccc(S(N)(=O)=O)cc1.Cc1ccc(-c2cnn(C)c2)cc1-c1cc(C(F)(F)F)nn1-c1ccc(S(N)(=O)=O)cc1.Cc1ccc(-c2ncccn2)cc1-c1cc(C(F)(F)F)nn1-c1ccc(S(N)(=O)=O)cc1.Cc1ccc(C2=CCN=C2)cc1-c1cc(C(F)(F)F)nn1-c1ccc(S(N)(=O)=O)cc1. The van der Waals surface area contributed by atoms with Crippen LogP contribution in [0.3, 0.4) is 0 Å². The molecule has 0 spiro atoms. The van der Waals surface area contributed by atoms with Gasteiger partial charge in [-0.2, -0.15) is 78.2 Å². The molecule has 0 bridgehead atoms. The number of sulfonamides is 4. The first-order valence-electron chi connectivity index (χ1n) is 37.1. The van der Waals surface area contributed by atoms with Crippen molar-refractivity contribution in [3.8, 4) is 101 Å². The van der Waals surface area contributed by atoms with Crippen LogP contribution in [-0.4, -0.2) is 110 Å². The molecule has 8 heterocycles. The van der Waals surface area contributed by atoms with Crippen LogP contribution in [-0.2, 0) is 71.8 Å². The second-order valence-corrected chi connectivity index (χ2v) is 34.7. The van der Waals surface area contributed by atoms with Crippen molar-refractivity contribution < 1.29 is 86.4 Å². The van der Waals surface area contributed by atoms with Crippen LogP contribution >= 0.6 is 0 Å². The smallest absolute Gasteiger partial charge is 0.288 e. The molecule has 42 heteroatoms. The molecule has 0 radical (unpaired) electrons. The number of primary sulfonamides is 4. The number of aryl methyl sites for hydroxylation is 5. The molecular weight excluding hydrogens is 1760 g/mol. The molecule has 0 saturated carbocycles. The predicted molar refractivity (Wildman–Crippen MR) is 448 cm³/mol. The van der Waals surface area contributed by atoms with Gasteiger partial charge in [0.1, 0.15) is 0 Å². The van der Waals surface area contributed by atoms with Gasteiger partial charge in [-0.3, -0.25) is 14.7 Å². The Bertz CT molecular complexity index is 6990. The van der Waals surface area contributed by atoms with Gasteiger partial charge in [0.25, 0.3) is 0 Å². The third-order valence-corrected chi connectivity index (χ3v) is 23.2. The van der Waals surface area contributed by atoms with Gasteiger partial charge in [-0.25, -0.2) is 82.9 Å². The number of allylic oxidation sites excluding steroid dienone is 1. The number of pyridine rings is 1. The van der Waals surface area contributed by atoms with E-state index in [4.69, 9.17) is 20.6 Å². The molecule has 1 aliphatic rings. The van der Waals surface area contributed by atoms with E-state index in [9.17, 15) is 86.4 Å². The standard InChI is InChI=1S/C22H17F3N4O2S.C21H18F3N5O2S.C21H16F3N5O2S.C21H17F3N4O2S/c1-14-4-5-15(16-3-2-10-27-13-16)11-19(14)20-12-21(22(23,24)25)28-29(20)17-6-8-18(9-7-17)32(26,30)31;1-13-3-4-14(15-11-26-28(2)12-15)9-18(13)19-10-20(21(22,23)24)27-29(19)16-5-7-17(8-6-16)32(25,30)31;1-13-3-4-14(20-26-9-2-10-27-20)11-17(13)18-12-19(21(22,23)24)28-29(18)15-5-7-16(8-6-15)32(25,30)31;1-13-2-3-14(15-8-9-26-12-15)10-18(13)19-11-20(21(22,23)24)27-28(19)16-4-6-17(7-5-16)31(25,29)30/h2-13H,1H3,(H2,26,30,31);3-12H,1-2H3,(H2,25,30,31);2-12H,1H3,(H2,25,30,31);2-8,10-12H,9H2,1H3,(H2,25,29,30). The summed E-state index contributed by atoms with van der Waals surface area (Å²) in [4.78, 5) is 16.0. The maximum atomic E-state index is 13.5. The van der Waals surface area contributed by atoms with Gasteiger partial charge >= 0.3 is 24.7 Å². The fourth-order valence-corrected chi connectivity index (χ4v) is 15.2. The number of aromatic nitrogens is 13. The van der Waals surface area contributed by atoms with Crippen molar-refractivity contribution in [3.63, 3.8) is 0 Å². The van der Waals surface area contributed by atoms with Gasteiger partial charge in [-0.15, -0.1) is 0 Å². The fraction of sp³-hybridized carbons (Fsp3) is 0.118. The summed E-state index contributed by atoms with van der Waals surface area (Å²) in [7, 11) is -14.0. The van der Waals surface area contributed by atoms with E-state index >= 15 is 0 Å². The van der Waals surface area contributed by atoms with E-state index in [1.807, 2.05) is 48.5 Å². The Hall–Kier alpha value is -13.8. The lowest BCUT2D eigenvalue weighted by atomic mass is 9.98. The molecule has 26 nitrogen and oxygen atoms in total. The first-order chi connectivity index (χ1) is 59.5. The van der Waals surface area contributed by atoms with Crippen molar-refractivity contribution in [2.75, 3.05) is 6.54 Å². The summed E-state index contributed by atoms with van der Waals surface area (Å²) in [6.45, 7) is 7.70. The van der Waals surface area contributed by atoms with Crippen molar-refractivity contribution in [1.29, 1.82) is 0 Å². The number of halogens is 12. The first kappa shape index (κ1) is 91.0. The van der Waals surface area contributed by atoms with Gasteiger partial charge < -0.3 is 0 Å². The van der Waals surface area contributed by atoms with Crippen LogP contribution in [0, 0.1) is 27.7 Å². The zero-order valence-electron chi connectivity index (χ0n) is 66.5. The molecule has 0 unspecified atom stereocenters. The molecule has 0 fully saturated rings. The quantitative estimate of drug-likeness (QED) is 0.0653. The number of nitrogens with zero attached hydrogens (tertiary/aromatic N) is 14. The lowest BCUT2D eigenvalue weighted by molar-refractivity contribution is -0.142. The van der Waals surface area contributed by atoms with E-state index in [-0.39, 0.29) is 65.1 Å². The molecule has 127 heavy (non-hydrogen) atoms. The van der Waals surface area contributed by atoms with E-state index in [0.717, 1.165) is 93.1 Å². The predicted octanol–water partition coefficient (Wildman–Crippen LogP) is 16.4. The number of hydrogen-bond acceptors (Lipinski definition) is 17. The van der Waals surface area contributed by atoms with Gasteiger partial charge in [0, 0.05) is 83.2 Å². The van der Waals surface area contributed by atoms with E-state index < -0.39 is 87.6 Å². The Morgan fingerprint density at radius 1 is 0.339 bits per heavy atom. The molecule has 0 aliphatic carbocycles. The molecule has 0 saturated heterocycles. The topological polar surface area (TPSA) is 381 Å². The highest BCUT2D eigenvalue weighted by Crippen LogP contribution is 2.42. The molecule has 0 amide bonds. The van der Waals surface area contributed by atoms with Crippen LogP contribution in [0.2, 0.25) is 0 Å². The summed E-state index contributed by atoms with van der Waals surface area (Å²) in [5, 5.41) is 39.6. The van der Waals surface area contributed by atoms with Gasteiger partial charge in [0.2, 0.25) is 40.1 Å². The number of alkyl halides is 12. The maximum absolute atomic E-state index is 13.5. The molecule has 8 N–H and O–H groups in total. The normalized spacial score (nSPS) is 12.7. The van der Waals surface area contributed by atoms with E-state index in [1.54, 1.807) is 131 Å². The Balaban J connectivity index is 0.000000145. The van der Waals surface area contributed by atoms with Gasteiger partial charge in [-0.05, 0) is 230 Å². The number of nitrogens with two attached hydrogens (primary N) is 4. The zero-order chi connectivity index (χ0) is 91.8. The molecule has 16 rings (SSSR count). The number of aliphatic imine (C=N–C) groups is 1. The van der Waals surface area contributed by atoms with Crippen molar-refractivity contribution in [1.82, 2.24) is 63.9 Å². The number of hydrogen-bond donors (Lipinski definition) is 4. The lowest BCUT2D eigenvalue weighted by Crippen LogP contribution is -2.12. The lowest BCUT2D eigenvalue weighted by Gasteiger charge is -2.12. The average Bonchev–Trinajstić information content (AvgIpc) is 1.65. The van der Waals surface area contributed by atoms with Crippen molar-refractivity contribution in [3.05, 3.63) is 306 Å². The van der Waals surface area contributed by atoms with Crippen molar-refractivity contribution >= 4 is 51.9 Å². The largest absolute Gasteiger partial charge is 0.435 e. The minimum atomic E-state index is -4.67. The van der Waals surface area contributed by atoms with Crippen LogP contribution in [0.25, 0.3) is 107 Å².